The predicted molar refractivity (Wildman–Crippen MR) is 241 cm³/mol. The molecule has 4 saturated carbocycles. The van der Waals surface area contributed by atoms with Crippen molar-refractivity contribution in [3.63, 3.8) is 0 Å². The molecule has 1 aromatic heterocycles. The lowest BCUT2D eigenvalue weighted by atomic mass is 9.44. The van der Waals surface area contributed by atoms with Crippen LogP contribution in [0.4, 0.5) is 0 Å². The molecule has 362 valence electrons. The number of aliphatic hydroxyl groups is 6. The number of fused-ring (bicyclic) bond motifs is 16. The topological polar surface area (TPSA) is 184 Å². The minimum Gasteiger partial charge on any atom is -0.393 e. The molecule has 8 unspecified atom stereocenters. The smallest absolute Gasteiger partial charge is 0.201 e. The fraction of sp³-hybridized carbons (Fsp3) is 0.852. The van der Waals surface area contributed by atoms with Gasteiger partial charge in [0.05, 0.1) is 52.8 Å². The molecule has 5 heterocycles. The van der Waals surface area contributed by atoms with E-state index in [9.17, 15) is 30.6 Å². The fourth-order valence-corrected chi connectivity index (χ4v) is 19.4. The molecular weight excluding hydrogens is 837 g/mol. The van der Waals surface area contributed by atoms with Crippen molar-refractivity contribution < 1.29 is 49.6 Å². The van der Waals surface area contributed by atoms with Gasteiger partial charge in [-0.1, -0.05) is 64.8 Å². The number of hydrogen-bond donors (Lipinski definition) is 6. The average molecular weight is 913 g/mol. The van der Waals surface area contributed by atoms with Crippen molar-refractivity contribution in [3.8, 4) is 0 Å². The average Bonchev–Trinajstić information content (AvgIpc) is 3.98. The summed E-state index contributed by atoms with van der Waals surface area (Å²) in [6, 6.07) is 0. The maximum Gasteiger partial charge on any atom is 0.201 e. The van der Waals surface area contributed by atoms with Gasteiger partial charge in [-0.25, -0.2) is 0 Å². The van der Waals surface area contributed by atoms with Crippen LogP contribution in [0.15, 0.2) is 23.3 Å². The van der Waals surface area contributed by atoms with Gasteiger partial charge in [-0.05, 0) is 138 Å². The van der Waals surface area contributed by atoms with E-state index in [0.717, 1.165) is 92.6 Å². The van der Waals surface area contributed by atoms with Crippen molar-refractivity contribution in [2.45, 2.75) is 210 Å². The second-order valence-corrected chi connectivity index (χ2v) is 26.4. The first-order chi connectivity index (χ1) is 30.9. The van der Waals surface area contributed by atoms with Crippen molar-refractivity contribution in [1.29, 1.82) is 0 Å². The van der Waals surface area contributed by atoms with Gasteiger partial charge >= 0.3 is 0 Å². The van der Waals surface area contributed by atoms with Crippen LogP contribution in [0.2, 0.25) is 0 Å². The zero-order valence-corrected chi connectivity index (χ0v) is 40.8. The van der Waals surface area contributed by atoms with Gasteiger partial charge in [0.15, 0.2) is 5.79 Å². The van der Waals surface area contributed by atoms with E-state index >= 15 is 0 Å². The van der Waals surface area contributed by atoms with E-state index in [1.54, 1.807) is 6.92 Å². The van der Waals surface area contributed by atoms with E-state index in [2.05, 4.69) is 53.7 Å². The van der Waals surface area contributed by atoms with Gasteiger partial charge in [0.2, 0.25) is 5.79 Å². The highest BCUT2D eigenvalue weighted by atomic mass is 16.7. The van der Waals surface area contributed by atoms with Gasteiger partial charge in [-0.15, -0.1) is 0 Å². The summed E-state index contributed by atoms with van der Waals surface area (Å²) in [4.78, 5) is 11.2. The Kier molecular flexibility index (Phi) is 8.67. The highest BCUT2D eigenvalue weighted by Crippen LogP contribution is 2.73. The van der Waals surface area contributed by atoms with E-state index < -0.39 is 75.6 Å². The molecule has 66 heavy (non-hydrogen) atoms. The maximum absolute atomic E-state index is 12.9. The maximum atomic E-state index is 12.9. The molecular formula is C54H76N2O10. The molecule has 0 amide bonds. The predicted octanol–water partition coefficient (Wildman–Crippen LogP) is 5.44. The molecule has 12 nitrogen and oxygen atoms in total. The van der Waals surface area contributed by atoms with Gasteiger partial charge in [0, 0.05) is 35.5 Å². The van der Waals surface area contributed by atoms with Crippen LogP contribution in [0.1, 0.15) is 143 Å². The number of ether oxygens (including phenoxy) is 4. The molecule has 8 aliphatic carbocycles. The SMILES string of the molecule is CC1[C@@]2(CCC(C)(C)O2)O[C@@H]2C=C3C4CCC5Cc6nc7c(nc6C[C@@]5(C)C4C[C@H](O)[C@@]3(C)[C@]12O)CC1CCC2C3=C[C@H]4O[C@@]5(O[C@@](C)(CO)C[C@@H]5O)C(C)[C@@]4(O)[C@]3(C)[C@@H](O)CC2[C@]1(C)C7. The van der Waals surface area contributed by atoms with E-state index in [4.69, 9.17) is 28.9 Å². The van der Waals surface area contributed by atoms with E-state index in [1.165, 1.54) is 5.57 Å². The van der Waals surface area contributed by atoms with E-state index in [1.807, 2.05) is 13.8 Å². The minimum absolute atomic E-state index is 0.0700. The molecule has 1 aromatic rings. The molecule has 12 aliphatic rings. The van der Waals surface area contributed by atoms with Crippen molar-refractivity contribution in [2.75, 3.05) is 6.61 Å². The number of nitrogens with zero attached hydrogens (tertiary/aromatic N) is 2. The molecule has 0 aromatic carbocycles. The zero-order valence-electron chi connectivity index (χ0n) is 40.8. The van der Waals surface area contributed by atoms with Crippen LogP contribution in [0.3, 0.4) is 0 Å². The van der Waals surface area contributed by atoms with Gasteiger partial charge in [0.25, 0.3) is 0 Å². The Balaban J connectivity index is 0.773. The van der Waals surface area contributed by atoms with E-state index in [-0.39, 0.29) is 59.0 Å². The summed E-state index contributed by atoms with van der Waals surface area (Å²) in [6.45, 7) is 18.7. The third-order valence-corrected chi connectivity index (χ3v) is 23.4. The van der Waals surface area contributed by atoms with Crippen LogP contribution >= 0.6 is 0 Å². The second-order valence-electron chi connectivity index (χ2n) is 26.4. The first kappa shape index (κ1) is 44.1. The highest BCUT2D eigenvalue weighted by Gasteiger charge is 2.80. The minimum atomic E-state index is -1.49. The summed E-state index contributed by atoms with van der Waals surface area (Å²) in [7, 11) is 0. The Hall–Kier alpha value is -1.84. The van der Waals surface area contributed by atoms with Gasteiger partial charge < -0.3 is 49.6 Å². The van der Waals surface area contributed by atoms with Crippen molar-refractivity contribution in [3.05, 3.63) is 46.1 Å². The van der Waals surface area contributed by atoms with Gasteiger partial charge in [-0.2, -0.15) is 0 Å². The Morgan fingerprint density at radius 2 is 1.12 bits per heavy atom. The molecule has 2 spiro atoms. The van der Waals surface area contributed by atoms with Crippen LogP contribution in [0.25, 0.3) is 0 Å². The number of aromatic nitrogens is 2. The molecule has 12 heteroatoms. The van der Waals surface area contributed by atoms with Crippen LogP contribution in [-0.2, 0) is 44.6 Å². The summed E-state index contributed by atoms with van der Waals surface area (Å²) in [5.41, 5.74) is 0.773. The molecule has 0 radical (unpaired) electrons. The lowest BCUT2D eigenvalue weighted by Gasteiger charge is -2.62. The van der Waals surface area contributed by atoms with Crippen LogP contribution in [-0.4, -0.2) is 112 Å². The molecule has 13 rings (SSSR count). The van der Waals surface area contributed by atoms with E-state index in [0.29, 0.717) is 24.7 Å². The summed E-state index contributed by atoms with van der Waals surface area (Å²) >= 11 is 0. The number of hydrogen-bond acceptors (Lipinski definition) is 12. The fourth-order valence-electron chi connectivity index (χ4n) is 19.4. The van der Waals surface area contributed by atoms with Crippen LogP contribution in [0, 0.1) is 69.0 Å². The molecule has 4 aliphatic heterocycles. The monoisotopic (exact) mass is 913 g/mol. The summed E-state index contributed by atoms with van der Waals surface area (Å²) < 4.78 is 26.5. The van der Waals surface area contributed by atoms with Crippen molar-refractivity contribution in [1.82, 2.24) is 9.97 Å². The molecule has 8 fully saturated rings. The highest BCUT2D eigenvalue weighted by molar-refractivity contribution is 5.45. The Bertz CT molecular complexity index is 2370. The zero-order chi connectivity index (χ0) is 46.5. The molecule has 22 atom stereocenters. The largest absolute Gasteiger partial charge is 0.393 e. The second kappa shape index (κ2) is 13.0. The first-order valence-corrected chi connectivity index (χ1v) is 26.1. The lowest BCUT2D eigenvalue weighted by Crippen LogP contribution is -2.65. The number of rotatable bonds is 1. The quantitative estimate of drug-likeness (QED) is 0.197. The third-order valence-electron chi connectivity index (χ3n) is 23.4. The van der Waals surface area contributed by atoms with Gasteiger partial charge in [-0.3, -0.25) is 9.97 Å². The summed E-state index contributed by atoms with van der Waals surface area (Å²) in [5.74, 6) is -1.58. The van der Waals surface area contributed by atoms with Gasteiger partial charge in [0.1, 0.15) is 29.5 Å². The molecule has 4 saturated heterocycles. The summed E-state index contributed by atoms with van der Waals surface area (Å²) in [5, 5.41) is 72.3. The Labute approximate surface area is 390 Å². The Morgan fingerprint density at radius 1 is 0.621 bits per heavy atom. The molecule has 0 bridgehead atoms. The first-order valence-electron chi connectivity index (χ1n) is 26.1. The van der Waals surface area contributed by atoms with Crippen molar-refractivity contribution >= 4 is 0 Å². The third kappa shape index (κ3) is 4.84. The van der Waals surface area contributed by atoms with Crippen LogP contribution < -0.4 is 0 Å². The molecule has 6 N–H and O–H groups in total. The van der Waals surface area contributed by atoms with Crippen LogP contribution in [0.5, 0.6) is 0 Å². The van der Waals surface area contributed by atoms with Crippen molar-refractivity contribution in [2.24, 2.45) is 69.0 Å². The lowest BCUT2D eigenvalue weighted by molar-refractivity contribution is -0.280. The normalized spacial score (nSPS) is 58.9. The Morgan fingerprint density at radius 3 is 1.59 bits per heavy atom. The summed E-state index contributed by atoms with van der Waals surface area (Å²) in [6.07, 6.45) is 11.0. The number of aliphatic hydroxyl groups excluding tert-OH is 4. The standard InChI is InChI=1S/C54H76N2O10/c1-26-51(15-14-45(3,4)65-51)63-43-20-34-30-12-10-28-16-36-38(22-47(28,6)32(30)18-40(58)49(34,8)52(26,43)61)55-37-17-29-11-13-31-33(48(29,7)23-39(37)56-36)19-41(59)50(9)35(31)21-44-53(50,62)27(2)54(64-44)42(60)24-46(5,25-57)66-54/h20-21,26-33,40-44,57-62H,10-19,22-25H2,1-9H3/t26?,27?,28?,29?,30?,31?,32?,33?,40-,41-,42-,43+,44+,46+,47+,48+,49-,50-,51-,52-,53-,54+/m0/s1.